The van der Waals surface area contributed by atoms with Crippen LogP contribution in [0.2, 0.25) is 0 Å². The van der Waals surface area contributed by atoms with Crippen LogP contribution in [0.25, 0.3) is 0 Å². The van der Waals surface area contributed by atoms with Gasteiger partial charge in [-0.2, -0.15) is 0 Å². The summed E-state index contributed by atoms with van der Waals surface area (Å²) in [6.07, 6.45) is 0.931. The number of benzene rings is 2. The van der Waals surface area contributed by atoms with Gasteiger partial charge in [0.1, 0.15) is 12.4 Å². The number of fused-ring (bicyclic) bond motifs is 1. The smallest absolute Gasteiger partial charge is 0.258 e. The average molecular weight is 281 g/mol. The zero-order chi connectivity index (χ0) is 14.8. The summed E-state index contributed by atoms with van der Waals surface area (Å²) in [5.74, 6) is 0.833. The van der Waals surface area contributed by atoms with Crippen molar-refractivity contribution in [2.24, 2.45) is 0 Å². The van der Waals surface area contributed by atoms with Crippen molar-refractivity contribution in [3.05, 3.63) is 59.2 Å². The molecule has 1 amide bonds. The van der Waals surface area contributed by atoms with Crippen LogP contribution in [-0.2, 0) is 6.42 Å². The van der Waals surface area contributed by atoms with E-state index in [1.807, 2.05) is 54.3 Å². The lowest BCUT2D eigenvalue weighted by atomic mass is 10.1. The van der Waals surface area contributed by atoms with Crippen molar-refractivity contribution < 1.29 is 9.53 Å². The van der Waals surface area contributed by atoms with E-state index in [0.29, 0.717) is 13.2 Å². The molecule has 1 aliphatic rings. The van der Waals surface area contributed by atoms with Crippen molar-refractivity contribution in [3.63, 3.8) is 0 Å². The summed E-state index contributed by atoms with van der Waals surface area (Å²) in [7, 11) is 0. The molecule has 0 atom stereocenters. The standard InChI is InChI=1S/C18H19NO2/c1-3-14-5-4-6-15(12-14)18(20)19-9-10-21-17-11-13(2)7-8-16(17)19/h4-8,11-12H,3,9-10H2,1-2H3. The molecular weight excluding hydrogens is 262 g/mol. The largest absolute Gasteiger partial charge is 0.490 e. The Labute approximate surface area is 125 Å². The summed E-state index contributed by atoms with van der Waals surface area (Å²) in [5.41, 5.74) is 3.91. The van der Waals surface area contributed by atoms with Gasteiger partial charge in [-0.05, 0) is 48.7 Å². The maximum absolute atomic E-state index is 12.8. The number of ether oxygens (including phenoxy) is 1. The first-order chi connectivity index (χ1) is 10.2. The molecule has 3 heteroatoms. The fraction of sp³-hybridized carbons (Fsp3) is 0.278. The molecule has 21 heavy (non-hydrogen) atoms. The first-order valence-electron chi connectivity index (χ1n) is 7.33. The predicted octanol–water partition coefficient (Wildman–Crippen LogP) is 3.60. The molecule has 0 aromatic heterocycles. The van der Waals surface area contributed by atoms with Gasteiger partial charge >= 0.3 is 0 Å². The minimum Gasteiger partial charge on any atom is -0.490 e. The van der Waals surface area contributed by atoms with Crippen LogP contribution in [0.4, 0.5) is 5.69 Å². The Morgan fingerprint density at radius 2 is 2.10 bits per heavy atom. The molecule has 0 radical (unpaired) electrons. The minimum absolute atomic E-state index is 0.0405. The summed E-state index contributed by atoms with van der Waals surface area (Å²) < 4.78 is 5.67. The molecule has 0 fully saturated rings. The van der Waals surface area contributed by atoms with E-state index in [2.05, 4.69) is 6.92 Å². The highest BCUT2D eigenvalue weighted by atomic mass is 16.5. The van der Waals surface area contributed by atoms with Gasteiger partial charge in [0, 0.05) is 5.56 Å². The molecule has 1 heterocycles. The molecule has 0 bridgehead atoms. The van der Waals surface area contributed by atoms with Gasteiger partial charge in [-0.15, -0.1) is 0 Å². The second kappa shape index (κ2) is 5.60. The predicted molar refractivity (Wildman–Crippen MR) is 84.2 cm³/mol. The lowest BCUT2D eigenvalue weighted by Crippen LogP contribution is -2.38. The van der Waals surface area contributed by atoms with Crippen molar-refractivity contribution in [3.8, 4) is 5.75 Å². The quantitative estimate of drug-likeness (QED) is 0.841. The Balaban J connectivity index is 1.96. The van der Waals surface area contributed by atoms with E-state index in [1.165, 1.54) is 5.56 Å². The van der Waals surface area contributed by atoms with E-state index in [4.69, 9.17) is 4.74 Å². The van der Waals surface area contributed by atoms with Crippen LogP contribution in [0.1, 0.15) is 28.4 Å². The lowest BCUT2D eigenvalue weighted by molar-refractivity contribution is 0.0976. The normalized spacial score (nSPS) is 13.5. The summed E-state index contributed by atoms with van der Waals surface area (Å²) >= 11 is 0. The Kier molecular flexibility index (Phi) is 3.65. The zero-order valence-corrected chi connectivity index (χ0v) is 12.4. The molecule has 3 rings (SSSR count). The van der Waals surface area contributed by atoms with Crippen molar-refractivity contribution in [2.45, 2.75) is 20.3 Å². The third-order valence-corrected chi connectivity index (χ3v) is 3.81. The molecule has 2 aromatic carbocycles. The van der Waals surface area contributed by atoms with Gasteiger partial charge in [-0.1, -0.05) is 25.1 Å². The van der Waals surface area contributed by atoms with Gasteiger partial charge in [0.05, 0.1) is 12.2 Å². The van der Waals surface area contributed by atoms with E-state index in [1.54, 1.807) is 0 Å². The third kappa shape index (κ3) is 2.64. The van der Waals surface area contributed by atoms with Crippen LogP contribution < -0.4 is 9.64 Å². The van der Waals surface area contributed by atoms with Crippen molar-refractivity contribution in [1.29, 1.82) is 0 Å². The molecule has 0 aliphatic carbocycles. The molecule has 2 aromatic rings. The van der Waals surface area contributed by atoms with Crippen LogP contribution in [0.5, 0.6) is 5.75 Å². The Hall–Kier alpha value is -2.29. The minimum atomic E-state index is 0.0405. The summed E-state index contributed by atoms with van der Waals surface area (Å²) in [6, 6.07) is 13.8. The first-order valence-corrected chi connectivity index (χ1v) is 7.33. The molecule has 108 valence electrons. The lowest BCUT2D eigenvalue weighted by Gasteiger charge is -2.30. The van der Waals surface area contributed by atoms with E-state index in [9.17, 15) is 4.79 Å². The van der Waals surface area contributed by atoms with Crippen LogP contribution in [0.3, 0.4) is 0 Å². The van der Waals surface area contributed by atoms with E-state index in [-0.39, 0.29) is 5.91 Å². The van der Waals surface area contributed by atoms with Crippen LogP contribution in [0.15, 0.2) is 42.5 Å². The highest BCUT2D eigenvalue weighted by Crippen LogP contribution is 2.33. The van der Waals surface area contributed by atoms with Crippen molar-refractivity contribution in [2.75, 3.05) is 18.1 Å². The summed E-state index contributed by atoms with van der Waals surface area (Å²) in [4.78, 5) is 14.6. The Morgan fingerprint density at radius 1 is 1.24 bits per heavy atom. The topological polar surface area (TPSA) is 29.5 Å². The number of carbonyl (C=O) groups excluding carboxylic acids is 1. The maximum atomic E-state index is 12.8. The van der Waals surface area contributed by atoms with Gasteiger partial charge < -0.3 is 9.64 Å². The molecule has 0 unspecified atom stereocenters. The van der Waals surface area contributed by atoms with Gasteiger partial charge in [0.15, 0.2) is 0 Å². The highest BCUT2D eigenvalue weighted by Gasteiger charge is 2.24. The second-order valence-electron chi connectivity index (χ2n) is 5.33. The summed E-state index contributed by atoms with van der Waals surface area (Å²) in [5, 5.41) is 0. The third-order valence-electron chi connectivity index (χ3n) is 3.81. The second-order valence-corrected chi connectivity index (χ2v) is 5.33. The van der Waals surface area contributed by atoms with Crippen molar-refractivity contribution in [1.82, 2.24) is 0 Å². The maximum Gasteiger partial charge on any atom is 0.258 e. The molecular formula is C18H19NO2. The fourth-order valence-corrected chi connectivity index (χ4v) is 2.62. The Bertz CT molecular complexity index is 679. The van der Waals surface area contributed by atoms with Gasteiger partial charge in [-0.25, -0.2) is 0 Å². The molecule has 0 saturated heterocycles. The number of amides is 1. The van der Waals surface area contributed by atoms with E-state index < -0.39 is 0 Å². The van der Waals surface area contributed by atoms with E-state index >= 15 is 0 Å². The van der Waals surface area contributed by atoms with Gasteiger partial charge in [0.25, 0.3) is 5.91 Å². The first kappa shape index (κ1) is 13.7. The molecule has 3 nitrogen and oxygen atoms in total. The number of hydrogen-bond donors (Lipinski definition) is 0. The number of carbonyl (C=O) groups is 1. The van der Waals surface area contributed by atoms with Gasteiger partial charge in [-0.3, -0.25) is 4.79 Å². The molecule has 1 aliphatic heterocycles. The zero-order valence-electron chi connectivity index (χ0n) is 12.4. The number of rotatable bonds is 2. The fourth-order valence-electron chi connectivity index (χ4n) is 2.62. The Morgan fingerprint density at radius 3 is 2.90 bits per heavy atom. The molecule has 0 saturated carbocycles. The monoisotopic (exact) mass is 281 g/mol. The van der Waals surface area contributed by atoms with Crippen molar-refractivity contribution >= 4 is 11.6 Å². The number of nitrogens with zero attached hydrogens (tertiary/aromatic N) is 1. The number of anilines is 1. The summed E-state index contributed by atoms with van der Waals surface area (Å²) in [6.45, 7) is 5.24. The number of aryl methyl sites for hydroxylation is 2. The SMILES string of the molecule is CCc1cccc(C(=O)N2CCOc3cc(C)ccc32)c1. The van der Waals surface area contributed by atoms with Crippen LogP contribution >= 0.6 is 0 Å². The molecule has 0 N–H and O–H groups in total. The average Bonchev–Trinajstić information content (AvgIpc) is 2.53. The molecule has 0 spiro atoms. The van der Waals surface area contributed by atoms with E-state index in [0.717, 1.165) is 29.0 Å². The van der Waals surface area contributed by atoms with Gasteiger partial charge in [0.2, 0.25) is 0 Å². The van der Waals surface area contributed by atoms with Crippen LogP contribution in [0, 0.1) is 6.92 Å². The highest BCUT2D eigenvalue weighted by molar-refractivity contribution is 6.07. The number of hydrogen-bond acceptors (Lipinski definition) is 2. The van der Waals surface area contributed by atoms with Crippen LogP contribution in [-0.4, -0.2) is 19.1 Å².